The average molecular weight is 371 g/mol. The summed E-state index contributed by atoms with van der Waals surface area (Å²) in [6.07, 6.45) is -0.215. The van der Waals surface area contributed by atoms with Crippen LogP contribution in [-0.4, -0.2) is 36.1 Å². The van der Waals surface area contributed by atoms with E-state index < -0.39 is 5.97 Å². The minimum atomic E-state index is -0.418. The highest BCUT2D eigenvalue weighted by Crippen LogP contribution is 2.22. The third-order valence-electron chi connectivity index (χ3n) is 4.47. The predicted octanol–water partition coefficient (Wildman–Crippen LogP) is 4.30. The Morgan fingerprint density at radius 3 is 2.22 bits per heavy atom. The Hall–Kier alpha value is -2.76. The fourth-order valence-electron chi connectivity index (χ4n) is 3.09. The number of amides is 1. The molecule has 0 aliphatic rings. The average Bonchev–Trinajstić information content (AvgIpc) is 2.91. The summed E-state index contributed by atoms with van der Waals surface area (Å²) < 4.78 is 5.27. The normalized spacial score (nSPS) is 10.8. The number of nitrogens with one attached hydrogen (secondary N) is 2. The molecule has 0 aliphatic heterocycles. The Labute approximate surface area is 160 Å². The van der Waals surface area contributed by atoms with Gasteiger partial charge in [-0.15, -0.1) is 0 Å². The van der Waals surface area contributed by atoms with Crippen molar-refractivity contribution in [1.29, 1.82) is 0 Å². The lowest BCUT2D eigenvalue weighted by Crippen LogP contribution is -2.21. The van der Waals surface area contributed by atoms with E-state index in [0.717, 1.165) is 18.8 Å². The molecule has 0 bridgehead atoms. The van der Waals surface area contributed by atoms with Crippen LogP contribution in [0, 0.1) is 13.8 Å². The highest BCUT2D eigenvalue weighted by Gasteiger charge is 2.23. The predicted molar refractivity (Wildman–Crippen MR) is 109 cm³/mol. The number of esters is 1. The summed E-state index contributed by atoms with van der Waals surface area (Å²) in [4.78, 5) is 30.2. The van der Waals surface area contributed by atoms with E-state index in [1.807, 2.05) is 24.3 Å². The third-order valence-corrected chi connectivity index (χ3v) is 4.47. The number of H-pyrrole nitrogens is 1. The largest absolute Gasteiger partial charge is 0.459 e. The number of aromatic amines is 1. The van der Waals surface area contributed by atoms with E-state index in [4.69, 9.17) is 4.74 Å². The molecule has 1 amide bonds. The van der Waals surface area contributed by atoms with Gasteiger partial charge in [0.15, 0.2) is 0 Å². The minimum Gasteiger partial charge on any atom is -0.459 e. The Kier molecular flexibility index (Phi) is 6.66. The number of carbonyl (C=O) groups is 2. The second-order valence-electron chi connectivity index (χ2n) is 6.75. The molecule has 0 saturated carbocycles. The second-order valence-corrected chi connectivity index (χ2v) is 6.75. The Morgan fingerprint density at radius 2 is 1.70 bits per heavy atom. The Morgan fingerprint density at radius 1 is 1.11 bits per heavy atom. The maximum absolute atomic E-state index is 12.7. The number of ether oxygens (including phenoxy) is 1. The summed E-state index contributed by atoms with van der Waals surface area (Å²) in [5.74, 6) is -0.700. The van der Waals surface area contributed by atoms with Crippen LogP contribution in [0.4, 0.5) is 11.4 Å². The van der Waals surface area contributed by atoms with Crippen molar-refractivity contribution in [2.45, 2.75) is 47.6 Å². The molecular weight excluding hydrogens is 342 g/mol. The van der Waals surface area contributed by atoms with E-state index in [9.17, 15) is 9.59 Å². The molecule has 2 N–H and O–H groups in total. The van der Waals surface area contributed by atoms with Crippen LogP contribution in [0.1, 0.15) is 59.8 Å². The smallest absolute Gasteiger partial charge is 0.340 e. The van der Waals surface area contributed by atoms with Gasteiger partial charge in [0.25, 0.3) is 5.91 Å². The van der Waals surface area contributed by atoms with E-state index in [-0.39, 0.29) is 12.0 Å². The fraction of sp³-hybridized carbons (Fsp3) is 0.429. The van der Waals surface area contributed by atoms with Gasteiger partial charge in [0.05, 0.1) is 11.7 Å². The van der Waals surface area contributed by atoms with Gasteiger partial charge in [-0.05, 0) is 71.4 Å². The zero-order chi connectivity index (χ0) is 20.1. The van der Waals surface area contributed by atoms with Gasteiger partial charge in [0.2, 0.25) is 0 Å². The van der Waals surface area contributed by atoms with E-state index in [0.29, 0.717) is 28.2 Å². The SMILES string of the molecule is CCN(CC)c1ccc(NC(=O)c2[nH]c(C)c(C(=O)OC(C)C)c2C)cc1. The standard InChI is InChI=1S/C21H29N3O3/c1-7-24(8-2)17-11-9-16(10-12-17)23-20(25)19-14(5)18(15(6)22-19)21(26)27-13(3)4/h9-13,22H,7-8H2,1-6H3,(H,23,25). The third kappa shape index (κ3) is 4.70. The van der Waals surface area contributed by atoms with Crippen molar-refractivity contribution in [3.8, 4) is 0 Å². The van der Waals surface area contributed by atoms with Crippen molar-refractivity contribution in [1.82, 2.24) is 4.98 Å². The highest BCUT2D eigenvalue weighted by atomic mass is 16.5. The number of nitrogens with zero attached hydrogens (tertiary/aromatic N) is 1. The van der Waals surface area contributed by atoms with Gasteiger partial charge in [-0.1, -0.05) is 0 Å². The molecule has 1 aromatic heterocycles. The van der Waals surface area contributed by atoms with E-state index in [1.54, 1.807) is 27.7 Å². The lowest BCUT2D eigenvalue weighted by Gasteiger charge is -2.21. The van der Waals surface area contributed by atoms with Gasteiger partial charge in [-0.2, -0.15) is 0 Å². The summed E-state index contributed by atoms with van der Waals surface area (Å²) >= 11 is 0. The van der Waals surface area contributed by atoms with Crippen LogP contribution in [0.5, 0.6) is 0 Å². The van der Waals surface area contributed by atoms with Crippen LogP contribution in [0.15, 0.2) is 24.3 Å². The number of aromatic nitrogens is 1. The molecule has 6 heteroatoms. The molecule has 1 heterocycles. The van der Waals surface area contributed by atoms with E-state index >= 15 is 0 Å². The molecule has 2 rings (SSSR count). The lowest BCUT2D eigenvalue weighted by atomic mass is 10.1. The van der Waals surface area contributed by atoms with Crippen LogP contribution in [-0.2, 0) is 4.74 Å². The molecule has 2 aromatic rings. The molecule has 0 radical (unpaired) electrons. The molecule has 0 aliphatic carbocycles. The van der Waals surface area contributed by atoms with Gasteiger partial charge in [-0.25, -0.2) is 4.79 Å². The van der Waals surface area contributed by atoms with Gasteiger partial charge < -0.3 is 19.9 Å². The minimum absolute atomic E-state index is 0.215. The number of hydrogen-bond donors (Lipinski definition) is 2. The number of anilines is 2. The number of carbonyl (C=O) groups excluding carboxylic acids is 2. The number of hydrogen-bond acceptors (Lipinski definition) is 4. The first-order chi connectivity index (χ1) is 12.8. The van der Waals surface area contributed by atoms with Crippen molar-refractivity contribution >= 4 is 23.3 Å². The van der Waals surface area contributed by atoms with Crippen molar-refractivity contribution in [2.75, 3.05) is 23.3 Å². The molecule has 27 heavy (non-hydrogen) atoms. The quantitative estimate of drug-likeness (QED) is 0.712. The van der Waals surface area contributed by atoms with Crippen molar-refractivity contribution in [3.63, 3.8) is 0 Å². The number of aryl methyl sites for hydroxylation is 1. The first-order valence-electron chi connectivity index (χ1n) is 9.34. The molecule has 0 spiro atoms. The topological polar surface area (TPSA) is 74.4 Å². The summed E-state index contributed by atoms with van der Waals surface area (Å²) in [7, 11) is 0. The molecular formula is C21H29N3O3. The molecule has 1 aromatic carbocycles. The van der Waals surface area contributed by atoms with Crippen LogP contribution >= 0.6 is 0 Å². The molecule has 0 saturated heterocycles. The molecule has 6 nitrogen and oxygen atoms in total. The van der Waals surface area contributed by atoms with Crippen molar-refractivity contribution in [2.24, 2.45) is 0 Å². The number of benzene rings is 1. The van der Waals surface area contributed by atoms with Gasteiger partial charge in [0.1, 0.15) is 5.69 Å². The van der Waals surface area contributed by atoms with E-state index in [2.05, 4.69) is 29.0 Å². The van der Waals surface area contributed by atoms with E-state index in [1.165, 1.54) is 0 Å². The second kappa shape index (κ2) is 8.75. The molecule has 0 unspecified atom stereocenters. The van der Waals surface area contributed by atoms with Gasteiger partial charge >= 0.3 is 5.97 Å². The number of rotatable bonds is 7. The summed E-state index contributed by atoms with van der Waals surface area (Å²) in [5.41, 5.74) is 3.83. The van der Waals surface area contributed by atoms with Crippen molar-refractivity contribution < 1.29 is 14.3 Å². The first kappa shape index (κ1) is 20.6. The monoisotopic (exact) mass is 371 g/mol. The maximum Gasteiger partial charge on any atom is 0.340 e. The summed E-state index contributed by atoms with van der Waals surface area (Å²) in [6, 6.07) is 7.73. The maximum atomic E-state index is 12.7. The molecule has 146 valence electrons. The Bertz CT molecular complexity index is 803. The zero-order valence-corrected chi connectivity index (χ0v) is 17.0. The molecule has 0 fully saturated rings. The summed E-state index contributed by atoms with van der Waals surface area (Å²) in [5, 5.41) is 2.88. The van der Waals surface area contributed by atoms with Gasteiger partial charge in [-0.3, -0.25) is 4.79 Å². The van der Waals surface area contributed by atoms with Crippen LogP contribution < -0.4 is 10.2 Å². The fourth-order valence-corrected chi connectivity index (χ4v) is 3.09. The van der Waals surface area contributed by atoms with Crippen LogP contribution in [0.25, 0.3) is 0 Å². The molecule has 0 atom stereocenters. The summed E-state index contributed by atoms with van der Waals surface area (Å²) in [6.45, 7) is 13.2. The highest BCUT2D eigenvalue weighted by molar-refractivity contribution is 6.06. The van der Waals surface area contributed by atoms with Crippen LogP contribution in [0.2, 0.25) is 0 Å². The lowest BCUT2D eigenvalue weighted by molar-refractivity contribution is 0.0376. The van der Waals surface area contributed by atoms with Crippen LogP contribution in [0.3, 0.4) is 0 Å². The van der Waals surface area contributed by atoms with Crippen molar-refractivity contribution in [3.05, 3.63) is 46.8 Å². The zero-order valence-electron chi connectivity index (χ0n) is 17.0. The Balaban J connectivity index is 2.18. The first-order valence-corrected chi connectivity index (χ1v) is 9.34. The van der Waals surface area contributed by atoms with Gasteiger partial charge in [0, 0.05) is 30.2 Å².